The smallest absolute Gasteiger partial charge is 0.124 e. The van der Waals surface area contributed by atoms with Crippen LogP contribution in [0.3, 0.4) is 0 Å². The number of fused-ring (bicyclic) bond motifs is 1. The van der Waals surface area contributed by atoms with Crippen molar-refractivity contribution in [1.29, 1.82) is 0 Å². The maximum absolute atomic E-state index is 5.79. The van der Waals surface area contributed by atoms with E-state index in [-0.39, 0.29) is 0 Å². The zero-order valence-corrected chi connectivity index (χ0v) is 12.6. The Morgan fingerprint density at radius 1 is 1.19 bits per heavy atom. The highest BCUT2D eigenvalue weighted by Gasteiger charge is 2.08. The fraction of sp³-hybridized carbons (Fsp3) is 0.333. The maximum Gasteiger partial charge on any atom is 0.124 e. The number of methoxy groups -OCH3 is 1. The number of nitrogens with one attached hydrogen (secondary N) is 1. The van der Waals surface area contributed by atoms with Gasteiger partial charge in [-0.25, -0.2) is 0 Å². The molecule has 0 amide bonds. The molecule has 0 radical (unpaired) electrons. The Bertz CT molecular complexity index is 580. The van der Waals surface area contributed by atoms with Crippen molar-refractivity contribution in [1.82, 2.24) is 5.32 Å². The van der Waals surface area contributed by atoms with Crippen molar-refractivity contribution in [3.8, 4) is 5.75 Å². The van der Waals surface area contributed by atoms with Gasteiger partial charge in [0.15, 0.2) is 0 Å². The first-order valence-electron chi connectivity index (χ1n) is 7.30. The lowest BCUT2D eigenvalue weighted by Gasteiger charge is -2.14. The van der Waals surface area contributed by atoms with Gasteiger partial charge in [0.05, 0.1) is 0 Å². The first-order chi connectivity index (χ1) is 10.4. The van der Waals surface area contributed by atoms with Gasteiger partial charge >= 0.3 is 0 Å². The molecule has 2 rings (SSSR count). The minimum absolute atomic E-state index is 0.523. The Labute approximate surface area is 126 Å². The monoisotopic (exact) mass is 285 g/mol. The van der Waals surface area contributed by atoms with Gasteiger partial charge in [-0.05, 0) is 29.8 Å². The van der Waals surface area contributed by atoms with Crippen molar-refractivity contribution in [3.63, 3.8) is 0 Å². The van der Waals surface area contributed by atoms with Gasteiger partial charge in [-0.15, -0.1) is 0 Å². The molecule has 0 saturated heterocycles. The van der Waals surface area contributed by atoms with Crippen LogP contribution in [-0.4, -0.2) is 26.9 Å². The zero-order valence-electron chi connectivity index (χ0n) is 12.6. The van der Waals surface area contributed by atoms with Crippen molar-refractivity contribution in [2.75, 3.05) is 26.9 Å². The van der Waals surface area contributed by atoms with Crippen molar-refractivity contribution in [2.24, 2.45) is 0 Å². The Hall–Kier alpha value is -1.84. The standard InChI is InChI=1S/C18H23NO2/c1-3-12-21-18-10-9-15-7-4-5-8-16(15)17(18)14-19-11-6-13-20-2/h3-5,7-10,19H,1,6,11-14H2,2H3. The second-order valence-corrected chi connectivity index (χ2v) is 4.89. The van der Waals surface area contributed by atoms with Crippen molar-refractivity contribution in [3.05, 3.63) is 54.6 Å². The largest absolute Gasteiger partial charge is 0.489 e. The van der Waals surface area contributed by atoms with Crippen LogP contribution in [0.1, 0.15) is 12.0 Å². The minimum atomic E-state index is 0.523. The quantitative estimate of drug-likeness (QED) is 0.565. The summed E-state index contributed by atoms with van der Waals surface area (Å²) in [6, 6.07) is 12.5. The number of ether oxygens (including phenoxy) is 2. The van der Waals surface area contributed by atoms with Gasteiger partial charge in [0.2, 0.25) is 0 Å². The molecule has 2 aromatic carbocycles. The first-order valence-corrected chi connectivity index (χ1v) is 7.30. The Morgan fingerprint density at radius 2 is 2.05 bits per heavy atom. The molecule has 0 bridgehead atoms. The highest BCUT2D eigenvalue weighted by molar-refractivity contribution is 5.87. The van der Waals surface area contributed by atoms with Gasteiger partial charge in [-0.1, -0.05) is 43.0 Å². The predicted octanol–water partition coefficient (Wildman–Crippen LogP) is 3.53. The van der Waals surface area contributed by atoms with E-state index in [2.05, 4.69) is 42.2 Å². The summed E-state index contributed by atoms with van der Waals surface area (Å²) >= 11 is 0. The summed E-state index contributed by atoms with van der Waals surface area (Å²) in [7, 11) is 1.73. The lowest BCUT2D eigenvalue weighted by atomic mass is 10.0. The highest BCUT2D eigenvalue weighted by Crippen LogP contribution is 2.28. The number of hydrogen-bond donors (Lipinski definition) is 1. The topological polar surface area (TPSA) is 30.5 Å². The van der Waals surface area contributed by atoms with E-state index in [1.165, 1.54) is 16.3 Å². The maximum atomic E-state index is 5.79. The third-order valence-corrected chi connectivity index (χ3v) is 3.36. The molecule has 0 aliphatic carbocycles. The van der Waals surface area contributed by atoms with Gasteiger partial charge in [-0.2, -0.15) is 0 Å². The third kappa shape index (κ3) is 4.31. The molecule has 1 N–H and O–H groups in total. The molecule has 0 aromatic heterocycles. The number of hydrogen-bond acceptors (Lipinski definition) is 3. The molecule has 0 aliphatic rings. The Kier molecular flexibility index (Phi) is 6.25. The molecule has 3 nitrogen and oxygen atoms in total. The summed E-state index contributed by atoms with van der Waals surface area (Å²) in [6.45, 7) is 6.73. The molecule has 0 aliphatic heterocycles. The van der Waals surface area contributed by atoms with Crippen LogP contribution < -0.4 is 10.1 Å². The summed E-state index contributed by atoms with van der Waals surface area (Å²) in [5.41, 5.74) is 1.20. The van der Waals surface area contributed by atoms with Gasteiger partial charge < -0.3 is 14.8 Å². The van der Waals surface area contributed by atoms with E-state index in [4.69, 9.17) is 9.47 Å². The van der Waals surface area contributed by atoms with Crippen LogP contribution in [0.15, 0.2) is 49.1 Å². The zero-order chi connectivity index (χ0) is 14.9. The highest BCUT2D eigenvalue weighted by atomic mass is 16.5. The van der Waals surface area contributed by atoms with Crippen LogP contribution in [0.2, 0.25) is 0 Å². The summed E-state index contributed by atoms with van der Waals surface area (Å²) in [4.78, 5) is 0. The van der Waals surface area contributed by atoms with E-state index in [1.54, 1.807) is 13.2 Å². The van der Waals surface area contributed by atoms with Gasteiger partial charge in [0.25, 0.3) is 0 Å². The van der Waals surface area contributed by atoms with E-state index < -0.39 is 0 Å². The molecule has 0 spiro atoms. The molecular weight excluding hydrogens is 262 g/mol. The SMILES string of the molecule is C=CCOc1ccc2ccccc2c1CNCCCOC. The van der Waals surface area contributed by atoms with Crippen LogP contribution in [0.25, 0.3) is 10.8 Å². The molecule has 3 heteroatoms. The summed E-state index contributed by atoms with van der Waals surface area (Å²) in [6.07, 6.45) is 2.77. The Morgan fingerprint density at radius 3 is 2.86 bits per heavy atom. The molecule has 0 atom stereocenters. The molecular formula is C18H23NO2. The second kappa shape index (κ2) is 8.45. The molecule has 0 fully saturated rings. The van der Waals surface area contributed by atoms with E-state index in [1.807, 2.05) is 6.07 Å². The fourth-order valence-electron chi connectivity index (χ4n) is 2.34. The van der Waals surface area contributed by atoms with Gasteiger partial charge in [0.1, 0.15) is 12.4 Å². The van der Waals surface area contributed by atoms with E-state index in [9.17, 15) is 0 Å². The second-order valence-electron chi connectivity index (χ2n) is 4.89. The van der Waals surface area contributed by atoms with Crippen LogP contribution in [0, 0.1) is 0 Å². The molecule has 112 valence electrons. The Balaban J connectivity index is 2.17. The van der Waals surface area contributed by atoms with E-state index >= 15 is 0 Å². The third-order valence-electron chi connectivity index (χ3n) is 3.36. The molecule has 21 heavy (non-hydrogen) atoms. The van der Waals surface area contributed by atoms with E-state index in [0.717, 1.165) is 31.9 Å². The van der Waals surface area contributed by atoms with Gasteiger partial charge in [0, 0.05) is 25.8 Å². The van der Waals surface area contributed by atoms with Crippen LogP contribution in [0.5, 0.6) is 5.75 Å². The van der Waals surface area contributed by atoms with Crippen molar-refractivity contribution in [2.45, 2.75) is 13.0 Å². The number of rotatable bonds is 9. The summed E-state index contributed by atoms with van der Waals surface area (Å²) < 4.78 is 10.9. The molecule has 2 aromatic rings. The lowest BCUT2D eigenvalue weighted by Crippen LogP contribution is -2.17. The average Bonchev–Trinajstić information content (AvgIpc) is 2.53. The summed E-state index contributed by atoms with van der Waals surface area (Å²) in [5, 5.41) is 5.93. The van der Waals surface area contributed by atoms with Crippen LogP contribution in [0.4, 0.5) is 0 Å². The predicted molar refractivity (Wildman–Crippen MR) is 87.8 cm³/mol. The molecule has 0 saturated carbocycles. The van der Waals surface area contributed by atoms with E-state index in [0.29, 0.717) is 6.61 Å². The summed E-state index contributed by atoms with van der Waals surface area (Å²) in [5.74, 6) is 0.924. The molecule has 0 unspecified atom stereocenters. The average molecular weight is 285 g/mol. The van der Waals surface area contributed by atoms with Crippen LogP contribution in [-0.2, 0) is 11.3 Å². The number of benzene rings is 2. The minimum Gasteiger partial charge on any atom is -0.489 e. The first kappa shape index (κ1) is 15.5. The van der Waals surface area contributed by atoms with Crippen molar-refractivity contribution >= 4 is 10.8 Å². The normalized spacial score (nSPS) is 10.7. The van der Waals surface area contributed by atoms with Crippen molar-refractivity contribution < 1.29 is 9.47 Å². The van der Waals surface area contributed by atoms with Crippen LogP contribution >= 0.6 is 0 Å². The van der Waals surface area contributed by atoms with Gasteiger partial charge in [-0.3, -0.25) is 0 Å². The fourth-order valence-corrected chi connectivity index (χ4v) is 2.34. The lowest BCUT2D eigenvalue weighted by molar-refractivity contribution is 0.194. The molecule has 0 heterocycles.